The molecule has 32 heavy (non-hydrogen) atoms. The van der Waals surface area contributed by atoms with E-state index in [-0.39, 0.29) is 23.1 Å². The van der Waals surface area contributed by atoms with Gasteiger partial charge >= 0.3 is 0 Å². The number of para-hydroxylation sites is 1. The van der Waals surface area contributed by atoms with Crippen LogP contribution in [0.3, 0.4) is 0 Å². The number of aryl methyl sites for hydroxylation is 2. The minimum Gasteiger partial charge on any atom is -0.280 e. The van der Waals surface area contributed by atoms with E-state index in [1.807, 2.05) is 32.0 Å². The Kier molecular flexibility index (Phi) is 6.08. The van der Waals surface area contributed by atoms with E-state index in [1.165, 1.54) is 28.8 Å². The average Bonchev–Trinajstić information content (AvgIpc) is 3.03. The molecule has 1 saturated heterocycles. The van der Waals surface area contributed by atoms with Crippen LogP contribution in [0.15, 0.2) is 82.6 Å². The molecule has 0 saturated carbocycles. The third kappa shape index (κ3) is 4.42. The van der Waals surface area contributed by atoms with Gasteiger partial charge in [-0.15, -0.1) is 11.8 Å². The second kappa shape index (κ2) is 8.80. The maximum Gasteiger partial charge on any atom is 0.261 e. The van der Waals surface area contributed by atoms with Crippen molar-refractivity contribution in [3.8, 4) is 0 Å². The van der Waals surface area contributed by atoms with Crippen LogP contribution >= 0.6 is 11.8 Å². The van der Waals surface area contributed by atoms with Crippen LogP contribution in [-0.4, -0.2) is 25.5 Å². The first kappa shape index (κ1) is 22.1. The molecule has 1 atom stereocenters. The van der Waals surface area contributed by atoms with Gasteiger partial charge in [0.2, 0.25) is 11.8 Å². The molecule has 1 fully saturated rings. The highest BCUT2D eigenvalue weighted by Crippen LogP contribution is 2.36. The number of benzene rings is 3. The number of thioether (sulfide) groups is 1. The Labute approximate surface area is 191 Å². The first-order valence-electron chi connectivity index (χ1n) is 10.0. The first-order valence-corrected chi connectivity index (χ1v) is 12.4. The number of nitrogens with zero attached hydrogens (tertiary/aromatic N) is 1. The van der Waals surface area contributed by atoms with Crippen molar-refractivity contribution < 1.29 is 18.0 Å². The summed E-state index contributed by atoms with van der Waals surface area (Å²) in [5, 5.41) is -0.520. The Balaban J connectivity index is 1.47. The zero-order valence-corrected chi connectivity index (χ0v) is 19.2. The molecule has 1 unspecified atom stereocenters. The lowest BCUT2D eigenvalue weighted by atomic mass is 10.1. The quantitative estimate of drug-likeness (QED) is 0.540. The summed E-state index contributed by atoms with van der Waals surface area (Å²) in [5.41, 5.74) is 2.85. The van der Waals surface area contributed by atoms with Gasteiger partial charge in [0, 0.05) is 17.0 Å². The maximum absolute atomic E-state index is 13.0. The van der Waals surface area contributed by atoms with Gasteiger partial charge < -0.3 is 0 Å². The van der Waals surface area contributed by atoms with Crippen molar-refractivity contribution in [1.29, 1.82) is 0 Å². The Bertz CT molecular complexity index is 1250. The second-order valence-electron chi connectivity index (χ2n) is 7.56. The van der Waals surface area contributed by atoms with Crippen LogP contribution in [0.2, 0.25) is 0 Å². The SMILES string of the molecule is Cc1cccc(C)c1N1C(=O)CC(Sc2ccc(NS(=O)(=O)c3ccccc3)cc2)C1=O. The van der Waals surface area contributed by atoms with Gasteiger partial charge in [-0.05, 0) is 61.4 Å². The fourth-order valence-electron chi connectivity index (χ4n) is 3.67. The highest BCUT2D eigenvalue weighted by atomic mass is 32.2. The summed E-state index contributed by atoms with van der Waals surface area (Å²) in [7, 11) is -3.67. The van der Waals surface area contributed by atoms with Crippen molar-refractivity contribution in [2.75, 3.05) is 9.62 Å². The van der Waals surface area contributed by atoms with Gasteiger partial charge in [0.15, 0.2) is 0 Å². The van der Waals surface area contributed by atoms with Crippen LogP contribution in [-0.2, 0) is 19.6 Å². The van der Waals surface area contributed by atoms with Gasteiger partial charge in [-0.3, -0.25) is 14.3 Å². The normalized spacial score (nSPS) is 16.4. The van der Waals surface area contributed by atoms with Crippen molar-refractivity contribution in [3.63, 3.8) is 0 Å². The summed E-state index contributed by atoms with van der Waals surface area (Å²) in [4.78, 5) is 27.9. The minimum absolute atomic E-state index is 0.125. The van der Waals surface area contributed by atoms with Crippen molar-refractivity contribution in [2.24, 2.45) is 0 Å². The molecule has 4 rings (SSSR count). The van der Waals surface area contributed by atoms with E-state index in [9.17, 15) is 18.0 Å². The molecular formula is C24H22N2O4S2. The van der Waals surface area contributed by atoms with E-state index in [1.54, 1.807) is 42.5 Å². The van der Waals surface area contributed by atoms with Crippen LogP contribution in [0, 0.1) is 13.8 Å². The summed E-state index contributed by atoms with van der Waals surface area (Å²) in [6.45, 7) is 3.77. The third-order valence-electron chi connectivity index (χ3n) is 5.21. The van der Waals surface area contributed by atoms with E-state index in [0.717, 1.165) is 16.0 Å². The Morgan fingerprint density at radius 2 is 1.50 bits per heavy atom. The molecule has 0 radical (unpaired) electrons. The number of sulfonamides is 1. The number of nitrogens with one attached hydrogen (secondary N) is 1. The lowest BCUT2D eigenvalue weighted by Gasteiger charge is -2.19. The Morgan fingerprint density at radius 3 is 2.12 bits per heavy atom. The fourth-order valence-corrected chi connectivity index (χ4v) is 5.80. The van der Waals surface area contributed by atoms with Gasteiger partial charge in [0.25, 0.3) is 10.0 Å². The summed E-state index contributed by atoms with van der Waals surface area (Å²) >= 11 is 1.31. The van der Waals surface area contributed by atoms with Crippen molar-refractivity contribution in [2.45, 2.75) is 35.3 Å². The minimum atomic E-state index is -3.67. The number of imide groups is 1. The van der Waals surface area contributed by atoms with E-state index in [0.29, 0.717) is 11.4 Å². The van der Waals surface area contributed by atoms with Crippen molar-refractivity contribution in [3.05, 3.63) is 83.9 Å². The molecule has 1 aliphatic rings. The standard InChI is InChI=1S/C24H22N2O4S2/c1-16-7-6-8-17(2)23(16)26-22(27)15-21(24(26)28)31-19-13-11-18(12-14-19)25-32(29,30)20-9-4-3-5-10-20/h3-14,21,25H,15H2,1-2H3. The van der Waals surface area contributed by atoms with Gasteiger partial charge in [-0.2, -0.15) is 0 Å². The molecule has 2 amide bonds. The van der Waals surface area contributed by atoms with E-state index >= 15 is 0 Å². The van der Waals surface area contributed by atoms with Gasteiger partial charge in [-0.1, -0.05) is 36.4 Å². The maximum atomic E-state index is 13.0. The molecule has 0 spiro atoms. The summed E-state index contributed by atoms with van der Waals surface area (Å²) in [6.07, 6.45) is 0.125. The molecule has 164 valence electrons. The summed E-state index contributed by atoms with van der Waals surface area (Å²) in [5.74, 6) is -0.441. The number of carbonyl (C=O) groups excluding carboxylic acids is 2. The molecule has 1 heterocycles. The van der Waals surface area contributed by atoms with Crippen molar-refractivity contribution >= 4 is 45.0 Å². The van der Waals surface area contributed by atoms with E-state index < -0.39 is 15.3 Å². The zero-order valence-electron chi connectivity index (χ0n) is 17.6. The van der Waals surface area contributed by atoms with Gasteiger partial charge in [0.1, 0.15) is 0 Å². The molecule has 0 aliphatic carbocycles. The van der Waals surface area contributed by atoms with E-state index in [2.05, 4.69) is 4.72 Å². The molecule has 3 aromatic rings. The Morgan fingerprint density at radius 1 is 0.875 bits per heavy atom. The smallest absolute Gasteiger partial charge is 0.261 e. The largest absolute Gasteiger partial charge is 0.280 e. The van der Waals surface area contributed by atoms with E-state index in [4.69, 9.17) is 0 Å². The summed E-state index contributed by atoms with van der Waals surface area (Å²) in [6, 6.07) is 20.6. The lowest BCUT2D eigenvalue weighted by molar-refractivity contribution is -0.121. The van der Waals surface area contributed by atoms with Gasteiger partial charge in [-0.25, -0.2) is 13.3 Å². The zero-order chi connectivity index (χ0) is 22.9. The number of hydrogen-bond donors (Lipinski definition) is 1. The summed E-state index contributed by atoms with van der Waals surface area (Å²) < 4.78 is 27.5. The molecular weight excluding hydrogens is 444 g/mol. The molecule has 3 aromatic carbocycles. The number of rotatable bonds is 6. The number of anilines is 2. The Hall–Kier alpha value is -3.10. The molecule has 1 aliphatic heterocycles. The van der Waals surface area contributed by atoms with Gasteiger partial charge in [0.05, 0.1) is 15.8 Å². The highest BCUT2D eigenvalue weighted by Gasteiger charge is 2.41. The monoisotopic (exact) mass is 466 g/mol. The lowest BCUT2D eigenvalue weighted by Crippen LogP contribution is -2.32. The topological polar surface area (TPSA) is 83.6 Å². The number of amides is 2. The van der Waals surface area contributed by atoms with Crippen LogP contribution < -0.4 is 9.62 Å². The molecule has 0 aromatic heterocycles. The fraction of sp³-hybridized carbons (Fsp3) is 0.167. The predicted octanol–water partition coefficient (Wildman–Crippen LogP) is 4.53. The molecule has 1 N–H and O–H groups in total. The second-order valence-corrected chi connectivity index (χ2v) is 10.5. The third-order valence-corrected chi connectivity index (χ3v) is 7.80. The first-order chi connectivity index (χ1) is 15.3. The van der Waals surface area contributed by atoms with Crippen LogP contribution in [0.25, 0.3) is 0 Å². The van der Waals surface area contributed by atoms with Crippen LogP contribution in [0.5, 0.6) is 0 Å². The highest BCUT2D eigenvalue weighted by molar-refractivity contribution is 8.00. The predicted molar refractivity (Wildman–Crippen MR) is 126 cm³/mol. The molecule has 6 nitrogen and oxygen atoms in total. The molecule has 8 heteroatoms. The number of carbonyl (C=O) groups is 2. The van der Waals surface area contributed by atoms with Crippen LogP contribution in [0.4, 0.5) is 11.4 Å². The van der Waals surface area contributed by atoms with Crippen LogP contribution in [0.1, 0.15) is 17.5 Å². The van der Waals surface area contributed by atoms with Crippen molar-refractivity contribution in [1.82, 2.24) is 0 Å². The number of hydrogen-bond acceptors (Lipinski definition) is 5. The average molecular weight is 467 g/mol. The molecule has 0 bridgehead atoms.